The number of ether oxygens (including phenoxy) is 1. The number of carbonyl (C=O) groups excluding carboxylic acids is 1. The van der Waals surface area contributed by atoms with Crippen molar-refractivity contribution in [1.29, 1.82) is 0 Å². The van der Waals surface area contributed by atoms with Crippen molar-refractivity contribution in [1.82, 2.24) is 10.2 Å². The summed E-state index contributed by atoms with van der Waals surface area (Å²) >= 11 is 0. The molecule has 1 saturated heterocycles. The number of carbonyl (C=O) groups is 2. The molecular weight excluding hydrogens is 322 g/mol. The van der Waals surface area contributed by atoms with Crippen molar-refractivity contribution < 1.29 is 28.2 Å². The normalized spacial score (nSPS) is 22.1. The molecule has 2 rings (SSSR count). The highest BCUT2D eigenvalue weighted by molar-refractivity contribution is 5.79. The molecule has 1 unspecified atom stereocenters. The van der Waals surface area contributed by atoms with E-state index >= 15 is 0 Å². The second-order valence-corrected chi connectivity index (χ2v) is 5.91. The van der Waals surface area contributed by atoms with Gasteiger partial charge in [-0.3, -0.25) is 4.79 Å². The fourth-order valence-corrected chi connectivity index (χ4v) is 2.76. The van der Waals surface area contributed by atoms with Crippen molar-refractivity contribution in [2.75, 3.05) is 19.6 Å². The Kier molecular flexibility index (Phi) is 5.71. The molecule has 0 radical (unpaired) electrons. The molecule has 1 aromatic carbocycles. The Balaban J connectivity index is 2.05. The number of urea groups is 1. The largest absolute Gasteiger partial charge is 0.481 e. The van der Waals surface area contributed by atoms with Crippen LogP contribution < -0.4 is 5.32 Å². The molecule has 3 atom stereocenters. The molecular formula is C16H20F2N2O4. The minimum Gasteiger partial charge on any atom is -0.481 e. The molecule has 1 heterocycles. The summed E-state index contributed by atoms with van der Waals surface area (Å²) in [6, 6.07) is 2.15. The van der Waals surface area contributed by atoms with Crippen molar-refractivity contribution in [3.63, 3.8) is 0 Å². The summed E-state index contributed by atoms with van der Waals surface area (Å²) in [6.07, 6.45) is -0.258. The van der Waals surface area contributed by atoms with Crippen molar-refractivity contribution in [2.45, 2.75) is 32.0 Å². The Hall–Kier alpha value is -2.22. The van der Waals surface area contributed by atoms with Crippen LogP contribution in [0.1, 0.15) is 25.3 Å². The molecule has 0 aliphatic carbocycles. The SMILES string of the molecule is C[C@@H]1CN(C(=O)NCC(C(=O)O)c2cc(F)ccc2F)C[C@H](C)O1. The molecule has 2 N–H and O–H groups in total. The van der Waals surface area contributed by atoms with Gasteiger partial charge in [0.15, 0.2) is 0 Å². The molecule has 1 fully saturated rings. The minimum absolute atomic E-state index is 0.129. The average molecular weight is 342 g/mol. The lowest BCUT2D eigenvalue weighted by Gasteiger charge is -2.35. The Labute approximate surface area is 138 Å². The van der Waals surface area contributed by atoms with E-state index in [9.17, 15) is 23.5 Å². The van der Waals surface area contributed by atoms with E-state index in [1.54, 1.807) is 0 Å². The summed E-state index contributed by atoms with van der Waals surface area (Å²) in [7, 11) is 0. The van der Waals surface area contributed by atoms with Crippen LogP contribution in [0.4, 0.5) is 13.6 Å². The lowest BCUT2D eigenvalue weighted by atomic mass is 9.98. The van der Waals surface area contributed by atoms with E-state index in [0.717, 1.165) is 18.2 Å². The summed E-state index contributed by atoms with van der Waals surface area (Å²) in [5, 5.41) is 11.8. The van der Waals surface area contributed by atoms with Gasteiger partial charge in [-0.2, -0.15) is 0 Å². The predicted molar refractivity (Wildman–Crippen MR) is 81.7 cm³/mol. The van der Waals surface area contributed by atoms with E-state index in [4.69, 9.17) is 4.74 Å². The number of halogens is 2. The van der Waals surface area contributed by atoms with Crippen LogP contribution in [0, 0.1) is 11.6 Å². The third-order valence-electron chi connectivity index (χ3n) is 3.80. The first kappa shape index (κ1) is 18.1. The topological polar surface area (TPSA) is 78.9 Å². The highest BCUT2D eigenvalue weighted by Crippen LogP contribution is 2.21. The van der Waals surface area contributed by atoms with Gasteiger partial charge >= 0.3 is 12.0 Å². The van der Waals surface area contributed by atoms with Gasteiger partial charge in [0.05, 0.1) is 12.2 Å². The van der Waals surface area contributed by atoms with E-state index in [2.05, 4.69) is 5.32 Å². The summed E-state index contributed by atoms with van der Waals surface area (Å²) in [5.41, 5.74) is -0.300. The molecule has 0 bridgehead atoms. The Morgan fingerprint density at radius 1 is 1.33 bits per heavy atom. The van der Waals surface area contributed by atoms with Gasteiger partial charge in [-0.15, -0.1) is 0 Å². The number of morpholine rings is 1. The minimum atomic E-state index is -1.37. The van der Waals surface area contributed by atoms with E-state index in [0.29, 0.717) is 13.1 Å². The van der Waals surface area contributed by atoms with Gasteiger partial charge in [-0.05, 0) is 32.0 Å². The van der Waals surface area contributed by atoms with E-state index in [-0.39, 0.29) is 24.3 Å². The molecule has 1 aliphatic rings. The van der Waals surface area contributed by atoms with Crippen LogP contribution in [-0.2, 0) is 9.53 Å². The standard InChI is InChI=1S/C16H20F2N2O4/c1-9-7-20(8-10(2)24-9)16(23)19-6-13(15(21)22)12-5-11(17)3-4-14(12)18/h3-5,9-10,13H,6-8H2,1-2H3,(H,19,23)(H,21,22)/t9-,10+,13?. The van der Waals surface area contributed by atoms with Crippen LogP contribution in [0.5, 0.6) is 0 Å². The maximum absolute atomic E-state index is 13.8. The van der Waals surface area contributed by atoms with Gasteiger partial charge in [0, 0.05) is 25.2 Å². The monoisotopic (exact) mass is 342 g/mol. The zero-order valence-corrected chi connectivity index (χ0v) is 13.5. The second-order valence-electron chi connectivity index (χ2n) is 5.91. The highest BCUT2D eigenvalue weighted by atomic mass is 19.1. The molecule has 6 nitrogen and oxygen atoms in total. The van der Waals surface area contributed by atoms with E-state index < -0.39 is 29.6 Å². The van der Waals surface area contributed by atoms with Gasteiger partial charge in [-0.25, -0.2) is 13.6 Å². The first-order valence-corrected chi connectivity index (χ1v) is 7.64. The number of hydrogen-bond donors (Lipinski definition) is 2. The van der Waals surface area contributed by atoms with Gasteiger partial charge in [0.25, 0.3) is 0 Å². The molecule has 1 aliphatic heterocycles. The van der Waals surface area contributed by atoms with E-state index in [1.807, 2.05) is 13.8 Å². The summed E-state index contributed by atoms with van der Waals surface area (Å²) in [5.74, 6) is -4.28. The highest BCUT2D eigenvalue weighted by Gasteiger charge is 2.28. The smallest absolute Gasteiger partial charge is 0.317 e. The van der Waals surface area contributed by atoms with E-state index in [1.165, 1.54) is 4.90 Å². The summed E-state index contributed by atoms with van der Waals surface area (Å²) in [4.78, 5) is 25.1. The zero-order chi connectivity index (χ0) is 17.9. The van der Waals surface area contributed by atoms with Crippen LogP contribution in [-0.4, -0.2) is 53.8 Å². The van der Waals surface area contributed by atoms with Crippen molar-refractivity contribution >= 4 is 12.0 Å². The molecule has 132 valence electrons. The molecule has 8 heteroatoms. The van der Waals surface area contributed by atoms with Gasteiger partial charge in [-0.1, -0.05) is 0 Å². The number of benzene rings is 1. The first-order chi connectivity index (χ1) is 11.3. The summed E-state index contributed by atoms with van der Waals surface area (Å²) in [6.45, 7) is 4.08. The number of rotatable bonds is 4. The first-order valence-electron chi connectivity index (χ1n) is 7.64. The maximum Gasteiger partial charge on any atom is 0.317 e. The van der Waals surface area contributed by atoms with Crippen molar-refractivity contribution in [3.8, 4) is 0 Å². The number of nitrogens with one attached hydrogen (secondary N) is 1. The predicted octanol–water partition coefficient (Wildman–Crippen LogP) is 1.95. The number of carboxylic acids is 1. The Morgan fingerprint density at radius 2 is 1.96 bits per heavy atom. The molecule has 24 heavy (non-hydrogen) atoms. The Bertz CT molecular complexity index is 616. The van der Waals surface area contributed by atoms with Crippen LogP contribution in [0.2, 0.25) is 0 Å². The fourth-order valence-electron chi connectivity index (χ4n) is 2.76. The van der Waals surface area contributed by atoms with Gasteiger partial charge < -0.3 is 20.1 Å². The zero-order valence-electron chi connectivity index (χ0n) is 13.5. The molecule has 1 aromatic rings. The molecule has 0 spiro atoms. The van der Waals surface area contributed by atoms with Crippen molar-refractivity contribution in [3.05, 3.63) is 35.4 Å². The van der Waals surface area contributed by atoms with Crippen LogP contribution in [0.15, 0.2) is 18.2 Å². The van der Waals surface area contributed by atoms with Gasteiger partial charge in [0.1, 0.15) is 17.6 Å². The fraction of sp³-hybridized carbons (Fsp3) is 0.500. The third kappa shape index (κ3) is 4.41. The van der Waals surface area contributed by atoms with Crippen LogP contribution >= 0.6 is 0 Å². The number of carboxylic acid groups (broad SMARTS) is 1. The van der Waals surface area contributed by atoms with Crippen LogP contribution in [0.3, 0.4) is 0 Å². The van der Waals surface area contributed by atoms with Gasteiger partial charge in [0.2, 0.25) is 0 Å². The lowest BCUT2D eigenvalue weighted by molar-refractivity contribution is -0.138. The third-order valence-corrected chi connectivity index (χ3v) is 3.80. The number of amides is 2. The van der Waals surface area contributed by atoms with Crippen molar-refractivity contribution in [2.24, 2.45) is 0 Å². The molecule has 0 saturated carbocycles. The quantitative estimate of drug-likeness (QED) is 0.877. The summed E-state index contributed by atoms with van der Waals surface area (Å²) < 4.78 is 32.6. The average Bonchev–Trinajstić information content (AvgIpc) is 2.49. The second kappa shape index (κ2) is 7.57. The number of nitrogens with zero attached hydrogens (tertiary/aromatic N) is 1. The lowest BCUT2D eigenvalue weighted by Crippen LogP contribution is -2.52. The number of aliphatic carboxylic acids is 1. The number of hydrogen-bond acceptors (Lipinski definition) is 3. The Morgan fingerprint density at radius 3 is 2.54 bits per heavy atom. The maximum atomic E-state index is 13.8. The molecule has 0 aromatic heterocycles. The molecule has 2 amide bonds. The van der Waals surface area contributed by atoms with Crippen LogP contribution in [0.25, 0.3) is 0 Å².